The molecule has 5 aromatic heterocycles. The van der Waals surface area contributed by atoms with Crippen LogP contribution in [0.25, 0.3) is 55.8 Å². The number of aromatic nitrogens is 6. The molecule has 0 unspecified atom stereocenters. The molecule has 0 saturated heterocycles. The Morgan fingerprint density at radius 1 is 1.08 bits per heavy atom. The molecule has 7 rings (SSSR count). The van der Waals surface area contributed by atoms with Gasteiger partial charge in [-0.1, -0.05) is 12.8 Å². The molecule has 1 fully saturated rings. The number of nitrogens with one attached hydrogen (secondary N) is 3. The number of rotatable bonds is 5. The van der Waals surface area contributed by atoms with Crippen molar-refractivity contribution in [1.82, 2.24) is 30.1 Å². The summed E-state index contributed by atoms with van der Waals surface area (Å²) < 4.78 is 21.3. The minimum absolute atomic E-state index is 0.0113. The van der Waals surface area contributed by atoms with E-state index in [0.717, 1.165) is 36.8 Å². The van der Waals surface area contributed by atoms with E-state index in [1.165, 1.54) is 0 Å². The van der Waals surface area contributed by atoms with E-state index < -0.39 is 5.82 Å². The van der Waals surface area contributed by atoms with E-state index in [4.69, 9.17) is 4.42 Å². The fourth-order valence-corrected chi connectivity index (χ4v) is 5.24. The van der Waals surface area contributed by atoms with Gasteiger partial charge in [-0.15, -0.1) is 0 Å². The summed E-state index contributed by atoms with van der Waals surface area (Å²) >= 11 is 0. The van der Waals surface area contributed by atoms with Gasteiger partial charge in [0.05, 0.1) is 40.8 Å². The van der Waals surface area contributed by atoms with E-state index in [0.29, 0.717) is 50.4 Å². The molecule has 1 saturated carbocycles. The van der Waals surface area contributed by atoms with E-state index >= 15 is 4.39 Å². The Kier molecular flexibility index (Phi) is 5.24. The highest BCUT2D eigenvalue weighted by atomic mass is 19.1. The molecular weight excluding hydrogens is 485 g/mol. The number of fused-ring (bicyclic) bond motifs is 2. The van der Waals surface area contributed by atoms with Crippen molar-refractivity contribution in [2.24, 2.45) is 5.92 Å². The lowest BCUT2D eigenvalue weighted by Gasteiger charge is -2.11. The third-order valence-corrected chi connectivity index (χ3v) is 7.16. The quantitative estimate of drug-likeness (QED) is 0.259. The maximum atomic E-state index is 16.1. The molecule has 0 aliphatic heterocycles. The van der Waals surface area contributed by atoms with Crippen LogP contribution in [0.3, 0.4) is 0 Å². The molecule has 1 aromatic carbocycles. The molecule has 1 amide bonds. The second kappa shape index (κ2) is 8.91. The van der Waals surface area contributed by atoms with Gasteiger partial charge in [0.2, 0.25) is 5.91 Å². The highest BCUT2D eigenvalue weighted by molar-refractivity contribution is 5.98. The second-order valence-electron chi connectivity index (χ2n) is 9.51. The molecule has 9 nitrogen and oxygen atoms in total. The summed E-state index contributed by atoms with van der Waals surface area (Å²) in [6.07, 6.45) is 12.0. The third-order valence-electron chi connectivity index (χ3n) is 7.16. The predicted molar refractivity (Wildman–Crippen MR) is 140 cm³/mol. The first kappa shape index (κ1) is 22.3. The van der Waals surface area contributed by atoms with Crippen LogP contribution in [0, 0.1) is 11.7 Å². The van der Waals surface area contributed by atoms with Gasteiger partial charge in [-0.2, -0.15) is 5.10 Å². The standard InChI is InChI=1S/C28H22FN7O2/c29-23-19(17-11-18(13-30-12-17)32-28(37)15-3-1-2-4-15)5-6-21-22(23)25(36-35-21)27-33-24-20(16-8-10-38-14-16)7-9-31-26(24)34-27/h5-15H,1-4H2,(H,32,37)(H,35,36)(H,31,33,34). The van der Waals surface area contributed by atoms with Crippen LogP contribution in [0.5, 0.6) is 0 Å². The van der Waals surface area contributed by atoms with Gasteiger partial charge in [-0.25, -0.2) is 14.4 Å². The second-order valence-corrected chi connectivity index (χ2v) is 9.51. The minimum atomic E-state index is -0.462. The molecule has 0 spiro atoms. The monoisotopic (exact) mass is 507 g/mol. The summed E-state index contributed by atoms with van der Waals surface area (Å²) in [6, 6.07) is 8.90. The van der Waals surface area contributed by atoms with Gasteiger partial charge in [-0.05, 0) is 43.2 Å². The molecule has 5 heterocycles. The first-order valence-corrected chi connectivity index (χ1v) is 12.5. The summed E-state index contributed by atoms with van der Waals surface area (Å²) in [5.41, 5.74) is 5.24. The molecule has 0 atom stereocenters. The Balaban J connectivity index is 1.28. The van der Waals surface area contributed by atoms with Crippen LogP contribution >= 0.6 is 0 Å². The van der Waals surface area contributed by atoms with Gasteiger partial charge in [-0.3, -0.25) is 14.9 Å². The summed E-state index contributed by atoms with van der Waals surface area (Å²) in [6.45, 7) is 0. The number of benzene rings is 1. The molecule has 188 valence electrons. The summed E-state index contributed by atoms with van der Waals surface area (Å²) in [5.74, 6) is -0.0624. The van der Waals surface area contributed by atoms with Crippen molar-refractivity contribution >= 4 is 33.7 Å². The highest BCUT2D eigenvalue weighted by Gasteiger charge is 2.24. The molecular formula is C28H22FN7O2. The average Bonchev–Trinajstić information content (AvgIpc) is 3.74. The fourth-order valence-electron chi connectivity index (χ4n) is 5.24. The molecule has 1 aliphatic rings. The number of amides is 1. The smallest absolute Gasteiger partial charge is 0.227 e. The number of nitrogens with zero attached hydrogens (tertiary/aromatic N) is 4. The largest absolute Gasteiger partial charge is 0.472 e. The zero-order valence-corrected chi connectivity index (χ0v) is 20.2. The van der Waals surface area contributed by atoms with E-state index in [9.17, 15) is 4.79 Å². The summed E-state index contributed by atoms with van der Waals surface area (Å²) in [5, 5.41) is 10.5. The van der Waals surface area contributed by atoms with Crippen molar-refractivity contribution in [2.45, 2.75) is 25.7 Å². The van der Waals surface area contributed by atoms with Gasteiger partial charge >= 0.3 is 0 Å². The van der Waals surface area contributed by atoms with Crippen LogP contribution in [-0.2, 0) is 4.79 Å². The number of carbonyl (C=O) groups excluding carboxylic acids is 1. The molecule has 3 N–H and O–H groups in total. The highest BCUT2D eigenvalue weighted by Crippen LogP contribution is 2.35. The zero-order valence-electron chi connectivity index (χ0n) is 20.2. The summed E-state index contributed by atoms with van der Waals surface area (Å²) in [4.78, 5) is 29.1. The SMILES string of the molecule is O=C(Nc1cncc(-c2ccc3[nH]nc(-c4nc5nccc(-c6ccoc6)c5[nH]4)c3c2F)c1)C1CCCC1. The zero-order chi connectivity index (χ0) is 25.6. The van der Waals surface area contributed by atoms with E-state index in [1.807, 2.05) is 12.1 Å². The van der Waals surface area contributed by atoms with Crippen LogP contribution in [0.1, 0.15) is 25.7 Å². The Morgan fingerprint density at radius 2 is 1.97 bits per heavy atom. The van der Waals surface area contributed by atoms with Crippen LogP contribution in [-0.4, -0.2) is 36.0 Å². The van der Waals surface area contributed by atoms with Gasteiger partial charge < -0.3 is 14.7 Å². The summed E-state index contributed by atoms with van der Waals surface area (Å²) in [7, 11) is 0. The molecule has 10 heteroatoms. The number of furan rings is 1. The Bertz CT molecular complexity index is 1800. The van der Waals surface area contributed by atoms with Crippen molar-refractivity contribution in [3.63, 3.8) is 0 Å². The van der Waals surface area contributed by atoms with Crippen molar-refractivity contribution < 1.29 is 13.6 Å². The molecule has 6 aromatic rings. The first-order chi connectivity index (χ1) is 18.7. The Hall–Kier alpha value is -4.86. The van der Waals surface area contributed by atoms with Crippen LogP contribution < -0.4 is 5.32 Å². The predicted octanol–water partition coefficient (Wildman–Crippen LogP) is 6.09. The van der Waals surface area contributed by atoms with E-state index in [1.54, 1.807) is 49.3 Å². The number of pyridine rings is 2. The number of carbonyl (C=O) groups is 1. The van der Waals surface area contributed by atoms with Crippen LogP contribution in [0.4, 0.5) is 10.1 Å². The van der Waals surface area contributed by atoms with Crippen LogP contribution in [0.15, 0.2) is 65.9 Å². The normalized spacial score (nSPS) is 14.0. The van der Waals surface area contributed by atoms with Crippen molar-refractivity contribution in [1.29, 1.82) is 0 Å². The Labute approximate surface area is 215 Å². The maximum absolute atomic E-state index is 16.1. The van der Waals surface area contributed by atoms with Crippen molar-refractivity contribution in [2.75, 3.05) is 5.32 Å². The van der Waals surface area contributed by atoms with Gasteiger partial charge in [0.25, 0.3) is 0 Å². The first-order valence-electron chi connectivity index (χ1n) is 12.5. The lowest BCUT2D eigenvalue weighted by molar-refractivity contribution is -0.119. The van der Waals surface area contributed by atoms with Gasteiger partial charge in [0, 0.05) is 40.6 Å². The number of imidazole rings is 1. The topological polar surface area (TPSA) is 125 Å². The number of H-pyrrole nitrogens is 2. The average molecular weight is 508 g/mol. The number of halogens is 1. The van der Waals surface area contributed by atoms with Crippen LogP contribution in [0.2, 0.25) is 0 Å². The molecule has 0 bridgehead atoms. The number of hydrogen-bond donors (Lipinski definition) is 3. The minimum Gasteiger partial charge on any atom is -0.472 e. The van der Waals surface area contributed by atoms with Crippen molar-refractivity contribution in [3.05, 3.63) is 67.3 Å². The van der Waals surface area contributed by atoms with Gasteiger partial charge in [0.1, 0.15) is 11.5 Å². The molecule has 38 heavy (non-hydrogen) atoms. The third kappa shape index (κ3) is 3.73. The van der Waals surface area contributed by atoms with Gasteiger partial charge in [0.15, 0.2) is 11.5 Å². The van der Waals surface area contributed by atoms with E-state index in [-0.39, 0.29) is 11.8 Å². The van der Waals surface area contributed by atoms with E-state index in [2.05, 4.69) is 35.5 Å². The number of aromatic amines is 2. The molecule has 1 aliphatic carbocycles. The fraction of sp³-hybridized carbons (Fsp3) is 0.179. The molecule has 0 radical (unpaired) electrons. The maximum Gasteiger partial charge on any atom is 0.227 e. The lowest BCUT2D eigenvalue weighted by Crippen LogP contribution is -2.20. The number of anilines is 1. The van der Waals surface area contributed by atoms with Crippen molar-refractivity contribution in [3.8, 4) is 33.8 Å². The number of hydrogen-bond acceptors (Lipinski definition) is 6. The Morgan fingerprint density at radius 3 is 2.82 bits per heavy atom. The lowest BCUT2D eigenvalue weighted by atomic mass is 10.0.